The first kappa shape index (κ1) is 50.6. The van der Waals surface area contributed by atoms with Gasteiger partial charge in [-0.1, -0.05) is 133 Å². The standard InChI is InChI=1S/C42H74NO9P/c1-6-8-10-11-12-13-15-20-23-26-30-34-42(46)52-40(38-51-53(47,48)50-36-35-43(3,4)5)37-49-41(45)33-29-25-22-19-17-14-16-18-21-24-28-32-39(44)31-27-9-7-2/h14,16,19,21-22,24,28,32,40H,6-13,15,17-18,20,23,25-27,29-31,33-38H2,1-5H3/p+1/b16-14-,22-19-,24-21-,32-28+/t40-/m1/s1. The molecule has 11 heteroatoms. The van der Waals surface area contributed by atoms with Gasteiger partial charge in [0.2, 0.25) is 0 Å². The molecule has 0 aromatic heterocycles. The van der Waals surface area contributed by atoms with Crippen LogP contribution in [0.2, 0.25) is 0 Å². The van der Waals surface area contributed by atoms with E-state index in [2.05, 4.69) is 26.0 Å². The van der Waals surface area contributed by atoms with Crippen molar-refractivity contribution < 1.29 is 46.8 Å². The maximum absolute atomic E-state index is 12.6. The van der Waals surface area contributed by atoms with Crippen molar-refractivity contribution in [3.63, 3.8) is 0 Å². The van der Waals surface area contributed by atoms with Gasteiger partial charge in [0.05, 0.1) is 27.7 Å². The Morgan fingerprint density at radius 1 is 0.642 bits per heavy atom. The van der Waals surface area contributed by atoms with Crippen LogP contribution < -0.4 is 0 Å². The number of phosphoric acid groups is 1. The lowest BCUT2D eigenvalue weighted by Crippen LogP contribution is -2.37. The van der Waals surface area contributed by atoms with Gasteiger partial charge in [-0.05, 0) is 44.6 Å². The number of carbonyl (C=O) groups is 3. The van der Waals surface area contributed by atoms with Gasteiger partial charge in [0.1, 0.15) is 19.8 Å². The summed E-state index contributed by atoms with van der Waals surface area (Å²) in [6.45, 7) is 4.15. The highest BCUT2D eigenvalue weighted by Gasteiger charge is 2.27. The molecule has 0 radical (unpaired) electrons. The highest BCUT2D eigenvalue weighted by atomic mass is 31.2. The molecule has 0 aliphatic rings. The highest BCUT2D eigenvalue weighted by Crippen LogP contribution is 2.43. The van der Waals surface area contributed by atoms with Gasteiger partial charge in [0.25, 0.3) is 0 Å². The summed E-state index contributed by atoms with van der Waals surface area (Å²) in [6.07, 6.45) is 34.3. The number of carbonyl (C=O) groups excluding carboxylic acids is 3. The normalized spacial score (nSPS) is 14.1. The summed E-state index contributed by atoms with van der Waals surface area (Å²) in [5, 5.41) is 0. The fourth-order valence-electron chi connectivity index (χ4n) is 5.08. The largest absolute Gasteiger partial charge is 0.472 e. The van der Waals surface area contributed by atoms with Crippen molar-refractivity contribution in [3.8, 4) is 0 Å². The summed E-state index contributed by atoms with van der Waals surface area (Å²) < 4.78 is 34.1. The molecule has 0 saturated carbocycles. The highest BCUT2D eigenvalue weighted by molar-refractivity contribution is 7.47. The van der Waals surface area contributed by atoms with Gasteiger partial charge < -0.3 is 18.9 Å². The lowest BCUT2D eigenvalue weighted by molar-refractivity contribution is -0.870. The molecule has 306 valence electrons. The average Bonchev–Trinajstić information content (AvgIpc) is 3.09. The lowest BCUT2D eigenvalue weighted by Gasteiger charge is -2.24. The zero-order chi connectivity index (χ0) is 39.5. The van der Waals surface area contributed by atoms with Gasteiger partial charge in [0.15, 0.2) is 11.9 Å². The summed E-state index contributed by atoms with van der Waals surface area (Å²) in [6, 6.07) is 0. The molecule has 2 atom stereocenters. The van der Waals surface area contributed by atoms with Crippen LogP contribution in [0.5, 0.6) is 0 Å². The smallest absolute Gasteiger partial charge is 0.462 e. The monoisotopic (exact) mass is 769 g/mol. The number of rotatable bonds is 36. The zero-order valence-corrected chi connectivity index (χ0v) is 34.9. The van der Waals surface area contributed by atoms with Gasteiger partial charge in [-0.25, -0.2) is 4.57 Å². The number of hydrogen-bond donors (Lipinski definition) is 1. The molecule has 10 nitrogen and oxygen atoms in total. The van der Waals surface area contributed by atoms with Crippen LogP contribution >= 0.6 is 7.82 Å². The molecule has 0 aromatic carbocycles. The van der Waals surface area contributed by atoms with Crippen molar-refractivity contribution in [2.24, 2.45) is 0 Å². The number of quaternary nitrogens is 1. The molecule has 0 rings (SSSR count). The number of ether oxygens (including phenoxy) is 2. The van der Waals surface area contributed by atoms with Crippen LogP contribution in [-0.2, 0) is 37.5 Å². The third-order valence-electron chi connectivity index (χ3n) is 8.34. The molecule has 0 saturated heterocycles. The molecular weight excluding hydrogens is 693 g/mol. The van der Waals surface area contributed by atoms with E-state index < -0.39 is 32.5 Å². The zero-order valence-electron chi connectivity index (χ0n) is 34.0. The van der Waals surface area contributed by atoms with Crippen LogP contribution in [-0.4, -0.2) is 80.7 Å². The summed E-state index contributed by atoms with van der Waals surface area (Å²) in [7, 11) is 1.41. The molecule has 0 heterocycles. The van der Waals surface area contributed by atoms with Gasteiger partial charge in [-0.15, -0.1) is 0 Å². The van der Waals surface area contributed by atoms with E-state index in [0.717, 1.165) is 51.4 Å². The van der Waals surface area contributed by atoms with Crippen molar-refractivity contribution in [1.82, 2.24) is 0 Å². The third kappa shape index (κ3) is 37.7. The van der Waals surface area contributed by atoms with Crippen LogP contribution in [0.15, 0.2) is 48.6 Å². The van der Waals surface area contributed by atoms with E-state index in [0.29, 0.717) is 36.7 Å². The molecule has 0 aliphatic heterocycles. The van der Waals surface area contributed by atoms with E-state index in [1.54, 1.807) is 12.2 Å². The Kier molecular flexibility index (Phi) is 32.6. The van der Waals surface area contributed by atoms with E-state index in [-0.39, 0.29) is 31.8 Å². The first-order valence-corrected chi connectivity index (χ1v) is 21.8. The van der Waals surface area contributed by atoms with Crippen LogP contribution in [0.1, 0.15) is 149 Å². The summed E-state index contributed by atoms with van der Waals surface area (Å²) in [5.41, 5.74) is 0. The van der Waals surface area contributed by atoms with Gasteiger partial charge in [-0.3, -0.25) is 23.4 Å². The Bertz CT molecular complexity index is 1110. The molecule has 0 bridgehead atoms. The number of nitrogens with zero attached hydrogens (tertiary/aromatic N) is 1. The first-order chi connectivity index (χ1) is 25.4. The molecule has 0 fully saturated rings. The minimum absolute atomic E-state index is 0.0128. The van der Waals surface area contributed by atoms with Crippen molar-refractivity contribution in [2.75, 3.05) is 47.5 Å². The number of esters is 2. The second-order valence-corrected chi connectivity index (χ2v) is 16.2. The number of phosphoric ester groups is 1. The second-order valence-electron chi connectivity index (χ2n) is 14.7. The first-order valence-electron chi connectivity index (χ1n) is 20.3. The Labute approximate surface area is 322 Å². The molecule has 1 N–H and O–H groups in total. The van der Waals surface area contributed by atoms with Crippen molar-refractivity contribution in [2.45, 2.75) is 155 Å². The lowest BCUT2D eigenvalue weighted by atomic mass is 10.1. The molecular formula is C42H75NO9P+. The fourth-order valence-corrected chi connectivity index (χ4v) is 5.82. The Morgan fingerprint density at radius 3 is 1.83 bits per heavy atom. The predicted molar refractivity (Wildman–Crippen MR) is 215 cm³/mol. The fraction of sp³-hybridized carbons (Fsp3) is 0.738. The number of hydrogen-bond acceptors (Lipinski definition) is 8. The van der Waals surface area contributed by atoms with E-state index in [4.69, 9.17) is 18.5 Å². The second kappa shape index (κ2) is 34.2. The van der Waals surface area contributed by atoms with Crippen LogP contribution in [0.4, 0.5) is 0 Å². The Hall–Kier alpha value is -2.36. The molecule has 0 spiro atoms. The average molecular weight is 769 g/mol. The molecule has 1 unspecified atom stereocenters. The topological polar surface area (TPSA) is 125 Å². The molecule has 0 aliphatic carbocycles. The van der Waals surface area contributed by atoms with E-state index in [1.807, 2.05) is 45.4 Å². The van der Waals surface area contributed by atoms with E-state index in [9.17, 15) is 23.8 Å². The number of unbranched alkanes of at least 4 members (excludes halogenated alkanes) is 13. The minimum atomic E-state index is -4.39. The summed E-state index contributed by atoms with van der Waals surface area (Å²) in [4.78, 5) is 46.9. The number of ketones is 1. The quantitative estimate of drug-likeness (QED) is 0.0126. The third-order valence-corrected chi connectivity index (χ3v) is 9.32. The van der Waals surface area contributed by atoms with Crippen LogP contribution in [0.3, 0.4) is 0 Å². The van der Waals surface area contributed by atoms with E-state index >= 15 is 0 Å². The van der Waals surface area contributed by atoms with Gasteiger partial charge >= 0.3 is 19.8 Å². The van der Waals surface area contributed by atoms with Crippen molar-refractivity contribution >= 4 is 25.5 Å². The van der Waals surface area contributed by atoms with Crippen molar-refractivity contribution in [1.29, 1.82) is 0 Å². The number of likely N-dealkylation sites (N-methyl/N-ethyl adjacent to an activating group) is 1. The molecule has 53 heavy (non-hydrogen) atoms. The van der Waals surface area contributed by atoms with Gasteiger partial charge in [-0.2, -0.15) is 0 Å². The maximum atomic E-state index is 12.6. The Balaban J connectivity index is 4.53. The maximum Gasteiger partial charge on any atom is 0.472 e. The Morgan fingerprint density at radius 2 is 1.19 bits per heavy atom. The molecule has 0 amide bonds. The van der Waals surface area contributed by atoms with Crippen LogP contribution in [0.25, 0.3) is 0 Å². The van der Waals surface area contributed by atoms with Crippen molar-refractivity contribution in [3.05, 3.63) is 48.6 Å². The SMILES string of the molecule is CCCCCCCCCCCCCC(=O)O[C@H](COC(=O)CCC/C=C\C/C=C\C/C=C\C=C\C(=O)CCCCC)COP(=O)(O)OCC[N+](C)(C)C. The van der Waals surface area contributed by atoms with E-state index in [1.165, 1.54) is 44.9 Å². The summed E-state index contributed by atoms with van der Waals surface area (Å²) >= 11 is 0. The molecule has 0 aromatic rings. The number of allylic oxidation sites excluding steroid dienone is 8. The summed E-state index contributed by atoms with van der Waals surface area (Å²) in [5.74, 6) is -0.731. The van der Waals surface area contributed by atoms with Gasteiger partial charge in [0, 0.05) is 19.3 Å². The minimum Gasteiger partial charge on any atom is -0.462 e. The van der Waals surface area contributed by atoms with Crippen LogP contribution in [0, 0.1) is 0 Å². The predicted octanol–water partition coefficient (Wildman–Crippen LogP) is 10.3.